The zero-order chi connectivity index (χ0) is 24.7. The molecule has 3 heterocycles. The van der Waals surface area contributed by atoms with Crippen LogP contribution in [0.3, 0.4) is 0 Å². The molecule has 5 rings (SSSR count). The number of rotatable bonds is 5. The Kier molecular flexibility index (Phi) is 5.56. The predicted molar refractivity (Wildman–Crippen MR) is 136 cm³/mol. The van der Waals surface area contributed by atoms with Gasteiger partial charge in [-0.05, 0) is 75.2 Å². The van der Waals surface area contributed by atoms with Crippen LogP contribution in [0, 0.1) is 20.8 Å². The van der Waals surface area contributed by atoms with Crippen LogP contribution < -0.4 is 10.9 Å². The van der Waals surface area contributed by atoms with E-state index in [9.17, 15) is 9.59 Å². The Morgan fingerprint density at radius 1 is 0.914 bits per heavy atom. The highest BCUT2D eigenvalue weighted by atomic mass is 16.2. The second-order valence-corrected chi connectivity index (χ2v) is 8.76. The topological polar surface area (TPSA) is 86.7 Å². The van der Waals surface area contributed by atoms with Crippen LogP contribution in [0.1, 0.15) is 29.8 Å². The highest BCUT2D eigenvalue weighted by molar-refractivity contribution is 5.94. The Morgan fingerprint density at radius 2 is 1.57 bits per heavy atom. The first-order valence-electron chi connectivity index (χ1n) is 11.4. The number of anilines is 1. The lowest BCUT2D eigenvalue weighted by Crippen LogP contribution is -2.34. The van der Waals surface area contributed by atoms with Gasteiger partial charge in [-0.25, -0.2) is 9.36 Å². The van der Waals surface area contributed by atoms with Crippen molar-refractivity contribution in [3.05, 3.63) is 100 Å². The van der Waals surface area contributed by atoms with Crippen molar-refractivity contribution in [2.45, 2.75) is 33.7 Å². The van der Waals surface area contributed by atoms with E-state index in [1.165, 1.54) is 4.68 Å². The summed E-state index contributed by atoms with van der Waals surface area (Å²) in [6.45, 7) is 7.42. The summed E-state index contributed by atoms with van der Waals surface area (Å²) in [7, 11) is 0. The number of carbonyl (C=O) groups excluding carboxylic acids is 1. The number of hydrogen-bond donors (Lipinski definition) is 1. The molecule has 0 spiro atoms. The van der Waals surface area contributed by atoms with Crippen LogP contribution in [0.2, 0.25) is 0 Å². The van der Waals surface area contributed by atoms with Gasteiger partial charge >= 0.3 is 0 Å². The molecular formula is C27H26N6O2. The zero-order valence-corrected chi connectivity index (χ0v) is 20.1. The number of carbonyl (C=O) groups is 1. The first-order chi connectivity index (χ1) is 16.8. The van der Waals surface area contributed by atoms with Crippen molar-refractivity contribution in [3.8, 4) is 11.5 Å². The Labute approximate surface area is 202 Å². The van der Waals surface area contributed by atoms with Crippen molar-refractivity contribution >= 4 is 22.5 Å². The van der Waals surface area contributed by atoms with Gasteiger partial charge in [-0.1, -0.05) is 24.3 Å². The summed E-state index contributed by atoms with van der Waals surface area (Å²) in [5, 5.41) is 12.6. The maximum atomic E-state index is 13.8. The van der Waals surface area contributed by atoms with Gasteiger partial charge in [-0.3, -0.25) is 9.59 Å². The normalized spacial score (nSPS) is 12.1. The molecule has 8 nitrogen and oxygen atoms in total. The molecule has 8 heteroatoms. The fourth-order valence-electron chi connectivity index (χ4n) is 4.36. The molecule has 0 aliphatic carbocycles. The fourth-order valence-corrected chi connectivity index (χ4v) is 4.36. The third-order valence-corrected chi connectivity index (χ3v) is 5.97. The number of nitrogens with one attached hydrogen (secondary N) is 1. The summed E-state index contributed by atoms with van der Waals surface area (Å²) in [4.78, 5) is 26.9. The summed E-state index contributed by atoms with van der Waals surface area (Å²) in [6, 6.07) is 18.4. The van der Waals surface area contributed by atoms with Gasteiger partial charge in [0.05, 0.1) is 11.4 Å². The molecule has 0 aliphatic rings. The highest BCUT2D eigenvalue weighted by Crippen LogP contribution is 2.25. The molecule has 0 radical (unpaired) electrons. The van der Waals surface area contributed by atoms with Gasteiger partial charge in [-0.2, -0.15) is 10.2 Å². The molecule has 0 fully saturated rings. The van der Waals surface area contributed by atoms with Gasteiger partial charge in [-0.15, -0.1) is 0 Å². The molecule has 3 aromatic heterocycles. The molecule has 1 amide bonds. The van der Waals surface area contributed by atoms with Crippen LogP contribution >= 0.6 is 0 Å². The van der Waals surface area contributed by atoms with E-state index >= 15 is 0 Å². The first-order valence-corrected chi connectivity index (χ1v) is 11.4. The lowest BCUT2D eigenvalue weighted by atomic mass is 10.1. The van der Waals surface area contributed by atoms with Crippen LogP contribution in [0.15, 0.2) is 77.9 Å². The second kappa shape index (κ2) is 8.72. The lowest BCUT2D eigenvalue weighted by molar-refractivity contribution is -0.119. The number of amides is 1. The zero-order valence-electron chi connectivity index (χ0n) is 20.1. The molecule has 0 aliphatic heterocycles. The van der Waals surface area contributed by atoms with E-state index in [1.807, 2.05) is 91.5 Å². The van der Waals surface area contributed by atoms with Gasteiger partial charge in [0.2, 0.25) is 5.91 Å². The Hall–Kier alpha value is -4.46. The molecule has 2 aromatic carbocycles. The SMILES string of the molecule is Cc1cc(C)cc(NC(=O)[C@H](C)n2nc(C)c3nn(-c4ccccc4)c(-n4cccc4)c3c2=O)c1. The maximum Gasteiger partial charge on any atom is 0.280 e. The number of para-hydroxylation sites is 1. The van der Waals surface area contributed by atoms with Crippen LogP contribution in [-0.2, 0) is 4.79 Å². The summed E-state index contributed by atoms with van der Waals surface area (Å²) in [6.07, 6.45) is 3.73. The summed E-state index contributed by atoms with van der Waals surface area (Å²) < 4.78 is 4.85. The minimum atomic E-state index is -0.830. The summed E-state index contributed by atoms with van der Waals surface area (Å²) in [5.74, 6) is 0.281. The van der Waals surface area contributed by atoms with Crippen molar-refractivity contribution in [1.82, 2.24) is 24.1 Å². The number of benzene rings is 2. The third-order valence-electron chi connectivity index (χ3n) is 5.97. The highest BCUT2D eigenvalue weighted by Gasteiger charge is 2.25. The van der Waals surface area contributed by atoms with Crippen molar-refractivity contribution < 1.29 is 4.79 Å². The average molecular weight is 467 g/mol. The van der Waals surface area contributed by atoms with E-state index < -0.39 is 6.04 Å². The molecule has 1 atom stereocenters. The number of hydrogen-bond acceptors (Lipinski definition) is 4. The van der Waals surface area contributed by atoms with Crippen molar-refractivity contribution in [2.24, 2.45) is 0 Å². The number of aromatic nitrogens is 5. The molecule has 35 heavy (non-hydrogen) atoms. The molecule has 176 valence electrons. The second-order valence-electron chi connectivity index (χ2n) is 8.76. The summed E-state index contributed by atoms with van der Waals surface area (Å²) in [5.41, 5.74) is 4.29. The molecule has 0 bridgehead atoms. The molecule has 0 saturated heterocycles. The largest absolute Gasteiger partial charge is 0.324 e. The van der Waals surface area contributed by atoms with Crippen LogP contribution in [0.25, 0.3) is 22.4 Å². The molecule has 5 aromatic rings. The maximum absolute atomic E-state index is 13.8. The summed E-state index contributed by atoms with van der Waals surface area (Å²) >= 11 is 0. The van der Waals surface area contributed by atoms with E-state index in [0.29, 0.717) is 28.1 Å². The Bertz CT molecular complexity index is 1580. The van der Waals surface area contributed by atoms with Crippen LogP contribution in [0.4, 0.5) is 5.69 Å². The van der Waals surface area contributed by atoms with E-state index in [-0.39, 0.29) is 11.5 Å². The lowest BCUT2D eigenvalue weighted by Gasteiger charge is -2.16. The number of aryl methyl sites for hydroxylation is 3. The minimum Gasteiger partial charge on any atom is -0.324 e. The van der Waals surface area contributed by atoms with Crippen molar-refractivity contribution in [3.63, 3.8) is 0 Å². The first kappa shape index (κ1) is 22.3. The van der Waals surface area contributed by atoms with Crippen molar-refractivity contribution in [1.29, 1.82) is 0 Å². The smallest absolute Gasteiger partial charge is 0.280 e. The van der Waals surface area contributed by atoms with Gasteiger partial charge in [0, 0.05) is 18.1 Å². The molecule has 0 saturated carbocycles. The predicted octanol–water partition coefficient (Wildman–Crippen LogP) is 4.50. The number of nitrogens with zero attached hydrogens (tertiary/aromatic N) is 5. The van der Waals surface area contributed by atoms with E-state index in [0.717, 1.165) is 16.8 Å². The van der Waals surface area contributed by atoms with Crippen molar-refractivity contribution in [2.75, 3.05) is 5.32 Å². The standard InChI is InChI=1S/C27H26N6O2/c1-17-14-18(2)16-21(15-17)28-25(34)20(4)32-27(35)23-24(19(3)29-32)30-33(22-10-6-5-7-11-22)26(23)31-12-8-9-13-31/h5-16,20H,1-4H3,(H,28,34)/t20-/m0/s1. The van der Waals surface area contributed by atoms with Gasteiger partial charge in [0.1, 0.15) is 16.9 Å². The van der Waals surface area contributed by atoms with E-state index in [1.54, 1.807) is 18.5 Å². The van der Waals surface area contributed by atoms with Crippen LogP contribution in [0.5, 0.6) is 0 Å². The van der Waals surface area contributed by atoms with E-state index in [2.05, 4.69) is 10.4 Å². The van der Waals surface area contributed by atoms with Crippen LogP contribution in [-0.4, -0.2) is 30.0 Å². The average Bonchev–Trinajstić information content (AvgIpc) is 3.49. The molecule has 0 unspecified atom stereocenters. The number of fused-ring (bicyclic) bond motifs is 1. The monoisotopic (exact) mass is 466 g/mol. The third kappa shape index (κ3) is 4.03. The van der Waals surface area contributed by atoms with Gasteiger partial charge in [0.25, 0.3) is 5.56 Å². The fraction of sp³-hybridized carbons (Fsp3) is 0.185. The Balaban J connectivity index is 1.65. The quantitative estimate of drug-likeness (QED) is 0.413. The Morgan fingerprint density at radius 3 is 2.23 bits per heavy atom. The van der Waals surface area contributed by atoms with E-state index in [4.69, 9.17) is 5.10 Å². The molecular weight excluding hydrogens is 440 g/mol. The molecule has 1 N–H and O–H groups in total. The minimum absolute atomic E-state index is 0.318. The van der Waals surface area contributed by atoms with Gasteiger partial charge in [0.15, 0.2) is 5.82 Å². The van der Waals surface area contributed by atoms with Gasteiger partial charge < -0.3 is 9.88 Å².